The minimum Gasteiger partial charge on any atom is -0.462 e. The summed E-state index contributed by atoms with van der Waals surface area (Å²) < 4.78 is 26.3. The van der Waals surface area contributed by atoms with Crippen molar-refractivity contribution in [3.05, 3.63) is 85.1 Å². The van der Waals surface area contributed by atoms with E-state index in [1.165, 1.54) is 83.5 Å². The number of phosphoric acid groups is 1. The van der Waals surface area contributed by atoms with Gasteiger partial charge in [-0.3, -0.25) is 14.1 Å². The van der Waals surface area contributed by atoms with Crippen molar-refractivity contribution >= 4 is 19.8 Å². The average molecular weight is 775 g/mol. The van der Waals surface area contributed by atoms with Crippen LogP contribution in [0.1, 0.15) is 168 Å². The van der Waals surface area contributed by atoms with Gasteiger partial charge in [0, 0.05) is 12.8 Å². The van der Waals surface area contributed by atoms with Crippen molar-refractivity contribution in [1.29, 1.82) is 0 Å². The molecule has 0 saturated carbocycles. The summed E-state index contributed by atoms with van der Waals surface area (Å²) in [5, 5.41) is 0. The Kier molecular flexibility index (Phi) is 37.9. The molecule has 9 heteroatoms. The lowest BCUT2D eigenvalue weighted by Gasteiger charge is -2.18. The molecule has 0 aromatic carbocycles. The van der Waals surface area contributed by atoms with Gasteiger partial charge in [-0.1, -0.05) is 182 Å². The van der Waals surface area contributed by atoms with Crippen LogP contribution in [0.25, 0.3) is 0 Å². The molecule has 0 aliphatic rings. The number of hydrogen-bond donors (Lipinski definition) is 2. The third-order valence-electron chi connectivity index (χ3n) is 8.53. The lowest BCUT2D eigenvalue weighted by molar-refractivity contribution is -0.161. The first-order chi connectivity index (χ1) is 26.3. The minimum atomic E-state index is -4.78. The van der Waals surface area contributed by atoms with Crippen LogP contribution in [0.2, 0.25) is 0 Å². The van der Waals surface area contributed by atoms with Crippen molar-refractivity contribution < 1.29 is 37.9 Å². The predicted octanol–water partition coefficient (Wildman–Crippen LogP) is 12.8. The second kappa shape index (κ2) is 39.9. The molecular weight excluding hydrogens is 699 g/mol. The van der Waals surface area contributed by atoms with Gasteiger partial charge in [0.2, 0.25) is 0 Å². The Balaban J connectivity index is 3.98. The maximum Gasteiger partial charge on any atom is 0.469 e. The number of phosphoric ester groups is 1. The molecule has 0 radical (unpaired) electrons. The summed E-state index contributed by atoms with van der Waals surface area (Å²) in [6.07, 6.45) is 53.3. The molecule has 0 bridgehead atoms. The van der Waals surface area contributed by atoms with E-state index >= 15 is 0 Å². The second-order valence-corrected chi connectivity index (χ2v) is 14.9. The molecule has 0 aliphatic heterocycles. The Morgan fingerprint density at radius 2 is 0.981 bits per heavy atom. The normalized spacial score (nSPS) is 13.3. The third-order valence-corrected chi connectivity index (χ3v) is 9.01. The summed E-state index contributed by atoms with van der Waals surface area (Å²) >= 11 is 0. The monoisotopic (exact) mass is 775 g/mol. The molecule has 1 unspecified atom stereocenters. The smallest absolute Gasteiger partial charge is 0.462 e. The lowest BCUT2D eigenvalue weighted by atomic mass is 10.1. The van der Waals surface area contributed by atoms with Crippen molar-refractivity contribution in [2.45, 2.75) is 174 Å². The summed E-state index contributed by atoms with van der Waals surface area (Å²) in [6, 6.07) is 0. The first kappa shape index (κ1) is 51.2. The molecule has 0 fully saturated rings. The SMILES string of the molecule is CC/C=C/C=C/C=C/C=C/C=C/CCCC(=O)OC(COC(=O)CCCCCCCCC/C=C/C/C=C/CCCCCCCCCCC)COP(=O)(O)O. The van der Waals surface area contributed by atoms with E-state index in [2.05, 4.69) is 48.8 Å². The summed E-state index contributed by atoms with van der Waals surface area (Å²) in [5.74, 6) is -0.987. The predicted molar refractivity (Wildman–Crippen MR) is 225 cm³/mol. The van der Waals surface area contributed by atoms with Crippen LogP contribution in [0, 0.1) is 0 Å². The van der Waals surface area contributed by atoms with Crippen molar-refractivity contribution in [3.8, 4) is 0 Å². The summed E-state index contributed by atoms with van der Waals surface area (Å²) in [5.41, 5.74) is 0. The van der Waals surface area contributed by atoms with Gasteiger partial charge in [0.05, 0.1) is 6.61 Å². The molecular formula is C45H75O8P. The number of carbonyl (C=O) groups excluding carboxylic acids is 2. The van der Waals surface area contributed by atoms with E-state index in [-0.39, 0.29) is 19.4 Å². The highest BCUT2D eigenvalue weighted by atomic mass is 31.2. The molecule has 0 amide bonds. The summed E-state index contributed by atoms with van der Waals surface area (Å²) in [4.78, 5) is 42.7. The number of carbonyl (C=O) groups is 2. The molecule has 54 heavy (non-hydrogen) atoms. The van der Waals surface area contributed by atoms with Gasteiger partial charge in [-0.25, -0.2) is 4.57 Å². The van der Waals surface area contributed by atoms with Gasteiger partial charge >= 0.3 is 19.8 Å². The maximum absolute atomic E-state index is 12.3. The Morgan fingerprint density at radius 3 is 1.52 bits per heavy atom. The van der Waals surface area contributed by atoms with Crippen LogP contribution < -0.4 is 0 Å². The lowest BCUT2D eigenvalue weighted by Crippen LogP contribution is -2.29. The van der Waals surface area contributed by atoms with Crippen molar-refractivity contribution in [2.24, 2.45) is 0 Å². The van der Waals surface area contributed by atoms with Crippen LogP contribution in [0.5, 0.6) is 0 Å². The van der Waals surface area contributed by atoms with Gasteiger partial charge in [0.25, 0.3) is 0 Å². The van der Waals surface area contributed by atoms with Gasteiger partial charge in [0.15, 0.2) is 6.10 Å². The molecule has 308 valence electrons. The molecule has 8 nitrogen and oxygen atoms in total. The summed E-state index contributed by atoms with van der Waals surface area (Å²) in [6.45, 7) is 3.46. The standard InChI is InChI=1S/C45H75O8P/c1-3-5-7-9-11-13-15-17-18-19-20-21-22-23-24-25-26-28-29-31-33-35-37-39-44(46)51-41-43(42-52-54(48,49)50)53-45(47)40-38-36-34-32-30-27-16-14-12-10-8-6-4-2/h6,8,10,12,14,16,20-21,23-24,27,30,32,34,43H,3-5,7,9,11,13,15,17-19,22,25-26,28-29,31,33,35-42H2,1-2H3,(H2,48,49,50)/b8-6+,12-10+,16-14+,21-20+,24-23+,30-27+,34-32+. The zero-order valence-electron chi connectivity index (χ0n) is 33.8. The highest BCUT2D eigenvalue weighted by Crippen LogP contribution is 2.36. The van der Waals surface area contributed by atoms with E-state index in [4.69, 9.17) is 19.3 Å². The van der Waals surface area contributed by atoms with E-state index in [0.717, 1.165) is 38.5 Å². The molecule has 0 aromatic heterocycles. The Labute approximate surface area is 329 Å². The number of esters is 2. The molecule has 2 N–H and O–H groups in total. The van der Waals surface area contributed by atoms with Crippen molar-refractivity contribution in [3.63, 3.8) is 0 Å². The quantitative estimate of drug-likeness (QED) is 0.0210. The van der Waals surface area contributed by atoms with Crippen LogP contribution in [0.3, 0.4) is 0 Å². The van der Waals surface area contributed by atoms with Crippen LogP contribution in [-0.2, 0) is 28.2 Å². The fourth-order valence-corrected chi connectivity index (χ4v) is 5.79. The van der Waals surface area contributed by atoms with E-state index in [9.17, 15) is 14.2 Å². The van der Waals surface area contributed by atoms with Crippen molar-refractivity contribution in [1.82, 2.24) is 0 Å². The molecule has 1 atom stereocenters. The van der Waals surface area contributed by atoms with Gasteiger partial charge in [0.1, 0.15) is 6.61 Å². The number of allylic oxidation sites excluding steroid dienone is 14. The topological polar surface area (TPSA) is 119 Å². The molecule has 0 aromatic rings. The summed E-state index contributed by atoms with van der Waals surface area (Å²) in [7, 11) is -4.78. The largest absolute Gasteiger partial charge is 0.469 e. The molecule has 0 saturated heterocycles. The molecule has 0 aliphatic carbocycles. The number of rotatable bonds is 37. The van der Waals surface area contributed by atoms with Crippen LogP contribution in [0.4, 0.5) is 0 Å². The first-order valence-electron chi connectivity index (χ1n) is 20.9. The van der Waals surface area contributed by atoms with Crippen LogP contribution >= 0.6 is 7.82 Å². The average Bonchev–Trinajstić information content (AvgIpc) is 3.14. The van der Waals surface area contributed by atoms with E-state index in [1.54, 1.807) is 0 Å². The molecule has 0 heterocycles. The Bertz CT molecular complexity index is 1140. The van der Waals surface area contributed by atoms with E-state index in [1.807, 2.05) is 54.7 Å². The van der Waals surface area contributed by atoms with Crippen LogP contribution in [0.15, 0.2) is 85.1 Å². The fraction of sp³-hybridized carbons (Fsp3) is 0.644. The molecule has 0 rings (SSSR count). The zero-order valence-corrected chi connectivity index (χ0v) is 34.7. The van der Waals surface area contributed by atoms with Gasteiger partial charge in [-0.2, -0.15) is 0 Å². The van der Waals surface area contributed by atoms with Crippen LogP contribution in [-0.4, -0.2) is 41.0 Å². The van der Waals surface area contributed by atoms with E-state index in [0.29, 0.717) is 19.3 Å². The minimum absolute atomic E-state index is 0.109. The number of unbranched alkanes of at least 4 members (excludes halogenated alkanes) is 17. The fourth-order valence-electron chi connectivity index (χ4n) is 5.43. The van der Waals surface area contributed by atoms with Crippen molar-refractivity contribution in [2.75, 3.05) is 13.2 Å². The third kappa shape index (κ3) is 42.0. The molecule has 0 spiro atoms. The van der Waals surface area contributed by atoms with Gasteiger partial charge in [-0.05, 0) is 57.8 Å². The Morgan fingerprint density at radius 1 is 0.519 bits per heavy atom. The number of hydrogen-bond acceptors (Lipinski definition) is 6. The Hall–Kier alpha value is -2.77. The highest BCUT2D eigenvalue weighted by Gasteiger charge is 2.22. The highest BCUT2D eigenvalue weighted by molar-refractivity contribution is 7.46. The maximum atomic E-state index is 12.3. The number of ether oxygens (including phenoxy) is 2. The van der Waals surface area contributed by atoms with E-state index < -0.39 is 32.5 Å². The van der Waals surface area contributed by atoms with Gasteiger partial charge < -0.3 is 19.3 Å². The first-order valence-corrected chi connectivity index (χ1v) is 22.5. The zero-order chi connectivity index (χ0) is 39.6. The second-order valence-electron chi connectivity index (χ2n) is 13.7. The van der Waals surface area contributed by atoms with Gasteiger partial charge in [-0.15, -0.1) is 0 Å².